The highest BCUT2D eigenvalue weighted by Crippen LogP contribution is 2.21. The molecule has 0 aliphatic carbocycles. The fourth-order valence-corrected chi connectivity index (χ4v) is 5.24. The molecular weight excluding hydrogens is 386 g/mol. The summed E-state index contributed by atoms with van der Waals surface area (Å²) in [6.45, 7) is 4.30. The Labute approximate surface area is 168 Å². The number of carbonyl (C=O) groups excluding carboxylic acids is 1. The van der Waals surface area contributed by atoms with Gasteiger partial charge in [0.15, 0.2) is 0 Å². The molecule has 2 fully saturated rings. The molecule has 27 heavy (non-hydrogen) atoms. The minimum atomic E-state index is -3.36. The van der Waals surface area contributed by atoms with Crippen molar-refractivity contribution in [1.29, 1.82) is 0 Å². The highest BCUT2D eigenvalue weighted by molar-refractivity contribution is 7.89. The molecule has 0 aromatic heterocycles. The molecule has 152 valence electrons. The number of halogens is 1. The summed E-state index contributed by atoms with van der Waals surface area (Å²) in [6, 6.07) is 7.67. The van der Waals surface area contributed by atoms with E-state index in [1.54, 1.807) is 16.4 Å². The average molecular weight is 416 g/mol. The maximum Gasteiger partial charge on any atom is 0.243 e. The van der Waals surface area contributed by atoms with Crippen LogP contribution < -0.4 is 10.6 Å². The quantitative estimate of drug-likeness (QED) is 0.745. The second-order valence-corrected chi connectivity index (χ2v) is 9.34. The lowest BCUT2D eigenvalue weighted by Crippen LogP contribution is -2.46. The van der Waals surface area contributed by atoms with E-state index in [0.29, 0.717) is 36.9 Å². The second kappa shape index (κ2) is 9.87. The van der Waals surface area contributed by atoms with Gasteiger partial charge in [-0.2, -0.15) is 4.31 Å². The van der Waals surface area contributed by atoms with Gasteiger partial charge in [0.05, 0.1) is 4.90 Å². The molecule has 2 atom stereocenters. The van der Waals surface area contributed by atoms with Gasteiger partial charge in [-0.15, -0.1) is 12.4 Å². The van der Waals surface area contributed by atoms with E-state index >= 15 is 0 Å². The van der Waals surface area contributed by atoms with E-state index in [9.17, 15) is 13.2 Å². The van der Waals surface area contributed by atoms with Gasteiger partial charge in [0.25, 0.3) is 0 Å². The van der Waals surface area contributed by atoms with Gasteiger partial charge in [-0.1, -0.05) is 12.1 Å². The smallest absolute Gasteiger partial charge is 0.243 e. The van der Waals surface area contributed by atoms with Gasteiger partial charge >= 0.3 is 0 Å². The van der Waals surface area contributed by atoms with Crippen LogP contribution in [0.5, 0.6) is 0 Å². The second-order valence-electron chi connectivity index (χ2n) is 7.40. The summed E-state index contributed by atoms with van der Waals surface area (Å²) in [4.78, 5) is 12.5. The first-order valence-electron chi connectivity index (χ1n) is 9.57. The number of nitrogens with one attached hydrogen (secondary N) is 2. The van der Waals surface area contributed by atoms with Crippen molar-refractivity contribution in [3.05, 3.63) is 29.8 Å². The maximum atomic E-state index is 12.5. The van der Waals surface area contributed by atoms with Crippen molar-refractivity contribution < 1.29 is 13.2 Å². The Morgan fingerprint density at radius 2 is 1.89 bits per heavy atom. The van der Waals surface area contributed by atoms with Crippen LogP contribution in [0.2, 0.25) is 0 Å². The molecule has 2 saturated heterocycles. The first-order valence-corrected chi connectivity index (χ1v) is 11.0. The zero-order chi connectivity index (χ0) is 18.6. The Balaban J connectivity index is 0.00000261. The van der Waals surface area contributed by atoms with Crippen LogP contribution in [-0.4, -0.2) is 50.3 Å². The molecule has 2 N–H and O–H groups in total. The fourth-order valence-electron chi connectivity index (χ4n) is 3.73. The van der Waals surface area contributed by atoms with Crippen LogP contribution in [0.4, 0.5) is 0 Å². The van der Waals surface area contributed by atoms with Crippen molar-refractivity contribution in [2.24, 2.45) is 0 Å². The van der Waals surface area contributed by atoms with Crippen LogP contribution in [0, 0.1) is 0 Å². The van der Waals surface area contributed by atoms with Crippen LogP contribution in [0.1, 0.15) is 44.6 Å². The predicted molar refractivity (Wildman–Crippen MR) is 109 cm³/mol. The number of aryl methyl sites for hydroxylation is 1. The molecule has 8 heteroatoms. The summed E-state index contributed by atoms with van der Waals surface area (Å²) >= 11 is 0. The molecule has 3 rings (SSSR count). The van der Waals surface area contributed by atoms with E-state index in [0.717, 1.165) is 37.8 Å². The van der Waals surface area contributed by atoms with Crippen molar-refractivity contribution in [2.75, 3.05) is 19.6 Å². The summed E-state index contributed by atoms with van der Waals surface area (Å²) in [7, 11) is -3.36. The predicted octanol–water partition coefficient (Wildman–Crippen LogP) is 2.08. The van der Waals surface area contributed by atoms with Gasteiger partial charge in [-0.25, -0.2) is 8.42 Å². The molecule has 6 nitrogen and oxygen atoms in total. The number of nitrogens with zero attached hydrogens (tertiary/aromatic N) is 1. The Hall–Kier alpha value is -1.15. The lowest BCUT2D eigenvalue weighted by atomic mass is 10.0. The first-order chi connectivity index (χ1) is 12.4. The third kappa shape index (κ3) is 5.91. The Morgan fingerprint density at radius 3 is 2.52 bits per heavy atom. The number of piperidine rings is 1. The molecule has 2 aliphatic heterocycles. The van der Waals surface area contributed by atoms with Crippen LogP contribution in [0.3, 0.4) is 0 Å². The van der Waals surface area contributed by atoms with Crippen LogP contribution >= 0.6 is 12.4 Å². The molecule has 2 unspecified atom stereocenters. The summed E-state index contributed by atoms with van der Waals surface area (Å²) in [5, 5.41) is 6.49. The highest BCUT2D eigenvalue weighted by Gasteiger charge is 2.27. The molecule has 1 aromatic carbocycles. The van der Waals surface area contributed by atoms with E-state index in [-0.39, 0.29) is 24.4 Å². The van der Waals surface area contributed by atoms with E-state index in [2.05, 4.69) is 17.6 Å². The van der Waals surface area contributed by atoms with Gasteiger partial charge < -0.3 is 10.6 Å². The van der Waals surface area contributed by atoms with Gasteiger partial charge in [0.1, 0.15) is 0 Å². The zero-order valence-electron chi connectivity index (χ0n) is 15.8. The van der Waals surface area contributed by atoms with E-state index < -0.39 is 10.0 Å². The fraction of sp³-hybridized carbons (Fsp3) is 0.632. The number of amides is 1. The number of sulfonamides is 1. The third-order valence-electron chi connectivity index (χ3n) is 5.26. The van der Waals surface area contributed by atoms with Gasteiger partial charge in [0.2, 0.25) is 15.9 Å². The monoisotopic (exact) mass is 415 g/mol. The first kappa shape index (κ1) is 22.1. The molecule has 2 aliphatic rings. The van der Waals surface area contributed by atoms with Crippen molar-refractivity contribution in [3.8, 4) is 0 Å². The summed E-state index contributed by atoms with van der Waals surface area (Å²) in [5.41, 5.74) is 0.985. The van der Waals surface area contributed by atoms with Gasteiger partial charge in [0, 0.05) is 31.6 Å². The molecule has 2 heterocycles. The molecule has 1 aromatic rings. The summed E-state index contributed by atoms with van der Waals surface area (Å²) in [6.07, 6.45) is 4.85. The topological polar surface area (TPSA) is 78.5 Å². The van der Waals surface area contributed by atoms with Gasteiger partial charge in [-0.05, 0) is 63.3 Å². The molecule has 1 amide bonds. The maximum absolute atomic E-state index is 12.5. The Morgan fingerprint density at radius 1 is 1.22 bits per heavy atom. The molecule has 0 saturated carbocycles. The molecule has 0 radical (unpaired) electrons. The van der Waals surface area contributed by atoms with Crippen molar-refractivity contribution >= 4 is 28.3 Å². The number of hydrogen-bond donors (Lipinski definition) is 2. The third-order valence-corrected chi connectivity index (χ3v) is 7.17. The average Bonchev–Trinajstić information content (AvgIpc) is 3.16. The largest absolute Gasteiger partial charge is 0.353 e. The van der Waals surface area contributed by atoms with E-state index in [1.807, 2.05) is 12.1 Å². The summed E-state index contributed by atoms with van der Waals surface area (Å²) < 4.78 is 26.6. The van der Waals surface area contributed by atoms with Crippen LogP contribution in [-0.2, 0) is 21.2 Å². The normalized spacial score (nSPS) is 23.6. The number of rotatable bonds is 6. The lowest BCUT2D eigenvalue weighted by molar-refractivity contribution is -0.122. The minimum absolute atomic E-state index is 0. The molecule has 0 spiro atoms. The van der Waals surface area contributed by atoms with E-state index in [1.165, 1.54) is 0 Å². The van der Waals surface area contributed by atoms with Crippen LogP contribution in [0.25, 0.3) is 0 Å². The Bertz CT molecular complexity index is 718. The Kier molecular flexibility index (Phi) is 8.09. The highest BCUT2D eigenvalue weighted by atomic mass is 35.5. The molecule has 0 bridgehead atoms. The van der Waals surface area contributed by atoms with Crippen LogP contribution in [0.15, 0.2) is 29.2 Å². The standard InChI is InChI=1S/C19H29N3O3S.ClH/c1-15-14-17(10-11-20-15)21-19(23)9-6-16-4-7-18(8-5-16)26(24,25)22-12-2-3-13-22;/h4-5,7-8,15,17,20H,2-3,6,9-14H2,1H3,(H,21,23);1H. The SMILES string of the molecule is CC1CC(NC(=O)CCc2ccc(S(=O)(=O)N3CCCC3)cc2)CCN1.Cl. The van der Waals surface area contributed by atoms with E-state index in [4.69, 9.17) is 0 Å². The van der Waals surface area contributed by atoms with Gasteiger partial charge in [-0.3, -0.25) is 4.79 Å². The number of benzene rings is 1. The molecular formula is C19H30ClN3O3S. The number of hydrogen-bond acceptors (Lipinski definition) is 4. The van der Waals surface area contributed by atoms with Crippen molar-refractivity contribution in [2.45, 2.75) is 62.4 Å². The minimum Gasteiger partial charge on any atom is -0.353 e. The zero-order valence-corrected chi connectivity index (χ0v) is 17.4. The summed E-state index contributed by atoms with van der Waals surface area (Å²) in [5.74, 6) is 0.0675. The van der Waals surface area contributed by atoms with Crippen molar-refractivity contribution in [3.63, 3.8) is 0 Å². The van der Waals surface area contributed by atoms with Crippen molar-refractivity contribution in [1.82, 2.24) is 14.9 Å². The number of carbonyl (C=O) groups is 1. The lowest BCUT2D eigenvalue weighted by Gasteiger charge is -2.28.